The van der Waals surface area contributed by atoms with Crippen LogP contribution < -0.4 is 0 Å². The number of esters is 1. The van der Waals surface area contributed by atoms with Crippen molar-refractivity contribution >= 4 is 23.4 Å². The minimum Gasteiger partial charge on any atom is -0.465 e. The summed E-state index contributed by atoms with van der Waals surface area (Å²) in [5.41, 5.74) is 2.46. The van der Waals surface area contributed by atoms with E-state index in [0.717, 1.165) is 16.0 Å². The molecule has 0 N–H and O–H groups in total. The smallest absolute Gasteiger partial charge is 0.337 e. The molecule has 24 heavy (non-hydrogen) atoms. The van der Waals surface area contributed by atoms with Gasteiger partial charge in [-0.15, -0.1) is 11.8 Å². The second kappa shape index (κ2) is 9.72. The third-order valence-corrected chi connectivity index (χ3v) is 4.36. The van der Waals surface area contributed by atoms with Gasteiger partial charge in [-0.3, -0.25) is 10.1 Å². The van der Waals surface area contributed by atoms with E-state index in [1.54, 1.807) is 36.0 Å². The zero-order chi connectivity index (χ0) is 18.1. The van der Waals surface area contributed by atoms with Crippen molar-refractivity contribution in [2.24, 2.45) is 0 Å². The molecule has 0 amide bonds. The fourth-order valence-corrected chi connectivity index (χ4v) is 2.93. The molecule has 0 fully saturated rings. The predicted molar refractivity (Wildman–Crippen MR) is 96.5 cm³/mol. The Labute approximate surface area is 146 Å². The lowest BCUT2D eigenvalue weighted by Crippen LogP contribution is -2.01. The van der Waals surface area contributed by atoms with E-state index in [0.29, 0.717) is 11.3 Å². The van der Waals surface area contributed by atoms with Crippen LogP contribution in [0.1, 0.15) is 35.3 Å². The van der Waals surface area contributed by atoms with Gasteiger partial charge < -0.3 is 4.74 Å². The van der Waals surface area contributed by atoms with Crippen LogP contribution in [-0.4, -0.2) is 18.0 Å². The van der Waals surface area contributed by atoms with E-state index in [2.05, 4.69) is 4.74 Å². The molecule has 0 radical (unpaired) electrons. The number of nitrogens with zero attached hydrogens (tertiary/aromatic N) is 1. The van der Waals surface area contributed by atoms with Gasteiger partial charge in [0.2, 0.25) is 0 Å². The van der Waals surface area contributed by atoms with Crippen LogP contribution >= 0.6 is 11.8 Å². The minimum absolute atomic E-state index is 0.0934. The Morgan fingerprint density at radius 1 is 1.21 bits per heavy atom. The van der Waals surface area contributed by atoms with Gasteiger partial charge in [0.15, 0.2) is 0 Å². The number of nitro groups is 1. The van der Waals surface area contributed by atoms with Gasteiger partial charge in [-0.05, 0) is 36.2 Å². The summed E-state index contributed by atoms with van der Waals surface area (Å²) in [4.78, 5) is 22.9. The number of non-ortho nitro benzene ring substituents is 1. The molecular weight excluding hydrogens is 326 g/mol. The number of methoxy groups -OCH3 is 1. The maximum Gasteiger partial charge on any atom is 0.337 e. The highest BCUT2D eigenvalue weighted by molar-refractivity contribution is 7.98. The molecule has 2 rings (SSSR count). The molecule has 128 valence electrons. The van der Waals surface area contributed by atoms with E-state index in [9.17, 15) is 14.9 Å². The largest absolute Gasteiger partial charge is 0.465 e. The Hall–Kier alpha value is -2.34. The first-order valence-corrected chi connectivity index (χ1v) is 8.55. The maximum absolute atomic E-state index is 11.5. The van der Waals surface area contributed by atoms with Crippen LogP contribution in [0.25, 0.3) is 0 Å². The van der Waals surface area contributed by atoms with Gasteiger partial charge in [-0.2, -0.15) is 0 Å². The fourth-order valence-electron chi connectivity index (χ4n) is 1.98. The lowest BCUT2D eigenvalue weighted by atomic mass is 10.1. The van der Waals surface area contributed by atoms with Gasteiger partial charge in [0.25, 0.3) is 5.69 Å². The summed E-state index contributed by atoms with van der Waals surface area (Å²) in [6.07, 6.45) is 0. The number of rotatable bonds is 5. The van der Waals surface area contributed by atoms with Gasteiger partial charge in [0, 0.05) is 22.8 Å². The van der Waals surface area contributed by atoms with E-state index in [-0.39, 0.29) is 11.7 Å². The second-order valence-electron chi connectivity index (χ2n) is 4.69. The standard InChI is InChI=1S/C16H15NO4S.C2H6/c1-11-8-13(16(18)21-2)6-7-15(11)22-10-12-4-3-5-14(9-12)17(19)20;1-2/h3-9H,10H2,1-2H3;1-2H3. The molecule has 0 atom stereocenters. The summed E-state index contributed by atoms with van der Waals surface area (Å²) in [7, 11) is 1.35. The molecule has 0 aliphatic carbocycles. The number of carbonyl (C=O) groups excluding carboxylic acids is 1. The number of benzene rings is 2. The Balaban J connectivity index is 0.00000139. The molecular formula is C18H21NO4S. The summed E-state index contributed by atoms with van der Waals surface area (Å²) in [6, 6.07) is 12.0. The average Bonchev–Trinajstić information content (AvgIpc) is 2.61. The first-order chi connectivity index (χ1) is 11.5. The Bertz CT molecular complexity index is 716. The summed E-state index contributed by atoms with van der Waals surface area (Å²) < 4.78 is 4.69. The van der Waals surface area contributed by atoms with Gasteiger partial charge in [0.05, 0.1) is 17.6 Å². The van der Waals surface area contributed by atoms with E-state index >= 15 is 0 Å². The van der Waals surface area contributed by atoms with Crippen molar-refractivity contribution in [2.45, 2.75) is 31.4 Å². The molecule has 0 aliphatic heterocycles. The van der Waals surface area contributed by atoms with Gasteiger partial charge >= 0.3 is 5.97 Å². The third kappa shape index (κ3) is 5.38. The van der Waals surface area contributed by atoms with E-state index in [1.807, 2.05) is 32.9 Å². The molecule has 0 aromatic heterocycles. The molecule has 0 saturated carbocycles. The maximum atomic E-state index is 11.5. The van der Waals surface area contributed by atoms with Crippen LogP contribution in [0.5, 0.6) is 0 Å². The number of hydrogen-bond donors (Lipinski definition) is 0. The van der Waals surface area contributed by atoms with Crippen LogP contribution in [0.2, 0.25) is 0 Å². The normalized spacial score (nSPS) is 9.67. The van der Waals surface area contributed by atoms with Crippen LogP contribution in [0.15, 0.2) is 47.4 Å². The molecule has 0 spiro atoms. The molecule has 0 aliphatic rings. The Morgan fingerprint density at radius 3 is 2.50 bits per heavy atom. The number of carbonyl (C=O) groups is 1. The zero-order valence-electron chi connectivity index (χ0n) is 14.2. The summed E-state index contributed by atoms with van der Waals surface area (Å²) in [6.45, 7) is 5.92. The molecule has 2 aromatic rings. The molecule has 5 nitrogen and oxygen atoms in total. The Morgan fingerprint density at radius 2 is 1.92 bits per heavy atom. The minimum atomic E-state index is -0.398. The molecule has 2 aromatic carbocycles. The fraction of sp³-hybridized carbons (Fsp3) is 0.278. The second-order valence-corrected chi connectivity index (χ2v) is 5.70. The lowest BCUT2D eigenvalue weighted by molar-refractivity contribution is -0.384. The molecule has 0 unspecified atom stereocenters. The van der Waals surface area contributed by atoms with Crippen molar-refractivity contribution < 1.29 is 14.5 Å². The van der Waals surface area contributed by atoms with Crippen molar-refractivity contribution in [3.05, 3.63) is 69.3 Å². The van der Waals surface area contributed by atoms with Crippen molar-refractivity contribution in [1.29, 1.82) is 0 Å². The number of nitro benzene ring substituents is 1. The van der Waals surface area contributed by atoms with Gasteiger partial charge in [0.1, 0.15) is 0 Å². The highest BCUT2D eigenvalue weighted by Gasteiger charge is 2.09. The van der Waals surface area contributed by atoms with Crippen molar-refractivity contribution in [1.82, 2.24) is 0 Å². The van der Waals surface area contributed by atoms with Crippen LogP contribution in [0, 0.1) is 17.0 Å². The number of aryl methyl sites for hydroxylation is 1. The first kappa shape index (κ1) is 19.7. The highest BCUT2D eigenvalue weighted by Crippen LogP contribution is 2.28. The van der Waals surface area contributed by atoms with Crippen molar-refractivity contribution in [3.8, 4) is 0 Å². The van der Waals surface area contributed by atoms with Crippen molar-refractivity contribution in [2.75, 3.05) is 7.11 Å². The Kier molecular flexibility index (Phi) is 7.98. The van der Waals surface area contributed by atoms with Crippen LogP contribution in [0.4, 0.5) is 5.69 Å². The molecule has 0 heterocycles. The molecule has 6 heteroatoms. The molecule has 0 saturated heterocycles. The van der Waals surface area contributed by atoms with E-state index in [4.69, 9.17) is 0 Å². The summed E-state index contributed by atoms with van der Waals surface area (Å²) in [5, 5.41) is 10.8. The zero-order valence-corrected chi connectivity index (χ0v) is 15.1. The van der Waals surface area contributed by atoms with E-state index in [1.165, 1.54) is 13.2 Å². The number of ether oxygens (including phenoxy) is 1. The topological polar surface area (TPSA) is 69.4 Å². The summed E-state index contributed by atoms with van der Waals surface area (Å²) in [5.74, 6) is 0.262. The van der Waals surface area contributed by atoms with Crippen LogP contribution in [-0.2, 0) is 10.5 Å². The first-order valence-electron chi connectivity index (χ1n) is 7.56. The van der Waals surface area contributed by atoms with Gasteiger partial charge in [-0.1, -0.05) is 26.0 Å². The quantitative estimate of drug-likeness (QED) is 0.329. The third-order valence-electron chi connectivity index (χ3n) is 3.11. The molecule has 0 bridgehead atoms. The lowest BCUT2D eigenvalue weighted by Gasteiger charge is -2.07. The van der Waals surface area contributed by atoms with E-state index < -0.39 is 4.92 Å². The van der Waals surface area contributed by atoms with Crippen molar-refractivity contribution in [3.63, 3.8) is 0 Å². The van der Waals surface area contributed by atoms with Crippen LogP contribution in [0.3, 0.4) is 0 Å². The monoisotopic (exact) mass is 347 g/mol. The summed E-state index contributed by atoms with van der Waals surface area (Å²) >= 11 is 1.57. The SMILES string of the molecule is CC.COC(=O)c1ccc(SCc2cccc([N+](=O)[O-])c2)c(C)c1. The number of thioether (sulfide) groups is 1. The average molecular weight is 347 g/mol. The predicted octanol–water partition coefficient (Wildman–Crippen LogP) is 5.01. The number of hydrogen-bond acceptors (Lipinski definition) is 5. The highest BCUT2D eigenvalue weighted by atomic mass is 32.2. The van der Waals surface area contributed by atoms with Gasteiger partial charge in [-0.25, -0.2) is 4.79 Å².